The van der Waals surface area contributed by atoms with Gasteiger partial charge in [0.05, 0.1) is 6.42 Å². The number of nitrogens with one attached hydrogen (secondary N) is 1. The zero-order valence-corrected chi connectivity index (χ0v) is 15.0. The highest BCUT2D eigenvalue weighted by atomic mass is 19.1. The SMILES string of the molecule is O=C(O)CC1CCCN1C(=O)c1nccnc1C(=O)NCc1ccc(F)cc1. The summed E-state index contributed by atoms with van der Waals surface area (Å²) >= 11 is 0. The van der Waals surface area contributed by atoms with Crippen LogP contribution in [-0.2, 0) is 11.3 Å². The summed E-state index contributed by atoms with van der Waals surface area (Å²) in [6.07, 6.45) is 3.74. The van der Waals surface area contributed by atoms with E-state index in [-0.39, 0.29) is 30.2 Å². The highest BCUT2D eigenvalue weighted by Gasteiger charge is 2.33. The summed E-state index contributed by atoms with van der Waals surface area (Å²) in [5, 5.41) is 11.7. The molecule has 1 atom stereocenters. The molecule has 2 heterocycles. The highest BCUT2D eigenvalue weighted by molar-refractivity contribution is 6.04. The predicted octanol–water partition coefficient (Wildman–Crippen LogP) is 1.62. The smallest absolute Gasteiger partial charge is 0.305 e. The number of carboxylic acids is 1. The van der Waals surface area contributed by atoms with Crippen LogP contribution in [0.4, 0.5) is 4.39 Å². The highest BCUT2D eigenvalue weighted by Crippen LogP contribution is 2.22. The van der Waals surface area contributed by atoms with Crippen molar-refractivity contribution in [3.63, 3.8) is 0 Å². The fourth-order valence-corrected chi connectivity index (χ4v) is 3.18. The molecule has 9 heteroatoms. The van der Waals surface area contributed by atoms with Gasteiger partial charge in [0.25, 0.3) is 11.8 Å². The van der Waals surface area contributed by atoms with E-state index >= 15 is 0 Å². The zero-order chi connectivity index (χ0) is 20.1. The molecule has 2 aromatic rings. The lowest BCUT2D eigenvalue weighted by atomic mass is 10.1. The van der Waals surface area contributed by atoms with E-state index in [0.29, 0.717) is 24.9 Å². The summed E-state index contributed by atoms with van der Waals surface area (Å²) in [6.45, 7) is 0.540. The fraction of sp³-hybridized carbons (Fsp3) is 0.316. The van der Waals surface area contributed by atoms with Gasteiger partial charge in [0.15, 0.2) is 11.4 Å². The number of rotatable bonds is 6. The summed E-state index contributed by atoms with van der Waals surface area (Å²) in [5.74, 6) is -2.46. The number of nitrogens with zero attached hydrogens (tertiary/aromatic N) is 3. The lowest BCUT2D eigenvalue weighted by Crippen LogP contribution is -2.39. The fourth-order valence-electron chi connectivity index (χ4n) is 3.18. The van der Waals surface area contributed by atoms with E-state index in [1.807, 2.05) is 0 Å². The van der Waals surface area contributed by atoms with Crippen molar-refractivity contribution in [1.29, 1.82) is 0 Å². The van der Waals surface area contributed by atoms with Gasteiger partial charge in [-0.25, -0.2) is 14.4 Å². The number of carboxylic acid groups (broad SMARTS) is 1. The van der Waals surface area contributed by atoms with Crippen LogP contribution in [0.1, 0.15) is 45.8 Å². The van der Waals surface area contributed by atoms with Crippen LogP contribution in [0.5, 0.6) is 0 Å². The Morgan fingerprint density at radius 2 is 1.82 bits per heavy atom. The van der Waals surface area contributed by atoms with Crippen molar-refractivity contribution in [2.45, 2.75) is 31.8 Å². The molecular weight excluding hydrogens is 367 g/mol. The van der Waals surface area contributed by atoms with E-state index in [0.717, 1.165) is 0 Å². The first-order valence-electron chi connectivity index (χ1n) is 8.82. The second-order valence-corrected chi connectivity index (χ2v) is 6.46. The average Bonchev–Trinajstić information content (AvgIpc) is 3.14. The van der Waals surface area contributed by atoms with Crippen LogP contribution in [0.3, 0.4) is 0 Å². The average molecular weight is 386 g/mol. The maximum absolute atomic E-state index is 13.0. The molecule has 1 aliphatic rings. The predicted molar refractivity (Wildman–Crippen MR) is 95.9 cm³/mol. The van der Waals surface area contributed by atoms with Gasteiger partial charge in [-0.3, -0.25) is 14.4 Å². The molecule has 28 heavy (non-hydrogen) atoms. The number of hydrogen-bond acceptors (Lipinski definition) is 5. The van der Waals surface area contributed by atoms with Crippen molar-refractivity contribution >= 4 is 17.8 Å². The minimum absolute atomic E-state index is 0.114. The maximum atomic E-state index is 13.0. The number of amides is 2. The summed E-state index contributed by atoms with van der Waals surface area (Å²) in [7, 11) is 0. The van der Waals surface area contributed by atoms with Crippen LogP contribution in [0.15, 0.2) is 36.7 Å². The van der Waals surface area contributed by atoms with Crippen molar-refractivity contribution in [2.75, 3.05) is 6.54 Å². The van der Waals surface area contributed by atoms with Crippen molar-refractivity contribution in [2.24, 2.45) is 0 Å². The number of hydrogen-bond donors (Lipinski definition) is 2. The molecule has 0 radical (unpaired) electrons. The summed E-state index contributed by atoms with van der Waals surface area (Å²) in [5.41, 5.74) is 0.444. The van der Waals surface area contributed by atoms with Crippen LogP contribution in [-0.4, -0.2) is 50.3 Å². The lowest BCUT2D eigenvalue weighted by Gasteiger charge is -2.23. The number of halogens is 1. The van der Waals surface area contributed by atoms with Gasteiger partial charge in [-0.1, -0.05) is 12.1 Å². The minimum Gasteiger partial charge on any atom is -0.481 e. The molecule has 1 unspecified atom stereocenters. The monoisotopic (exact) mass is 386 g/mol. The molecule has 3 rings (SSSR count). The molecule has 2 N–H and O–H groups in total. The van der Waals surface area contributed by atoms with E-state index in [1.54, 1.807) is 12.1 Å². The van der Waals surface area contributed by atoms with Crippen LogP contribution >= 0.6 is 0 Å². The summed E-state index contributed by atoms with van der Waals surface area (Å²) < 4.78 is 13.0. The zero-order valence-electron chi connectivity index (χ0n) is 15.0. The molecule has 1 saturated heterocycles. The Morgan fingerprint density at radius 3 is 2.50 bits per heavy atom. The third-order valence-corrected chi connectivity index (χ3v) is 4.53. The topological polar surface area (TPSA) is 112 Å². The van der Waals surface area contributed by atoms with Crippen molar-refractivity contribution in [1.82, 2.24) is 20.2 Å². The van der Waals surface area contributed by atoms with E-state index in [1.165, 1.54) is 29.4 Å². The van der Waals surface area contributed by atoms with Crippen molar-refractivity contribution in [3.8, 4) is 0 Å². The number of benzene rings is 1. The quantitative estimate of drug-likeness (QED) is 0.780. The summed E-state index contributed by atoms with van der Waals surface area (Å²) in [6, 6.07) is 5.23. The van der Waals surface area contributed by atoms with Crippen LogP contribution in [0.2, 0.25) is 0 Å². The number of likely N-dealkylation sites (tertiary alicyclic amines) is 1. The Bertz CT molecular complexity index is 888. The van der Waals surface area contributed by atoms with Gasteiger partial charge in [0.2, 0.25) is 0 Å². The molecular formula is C19H19FN4O4. The maximum Gasteiger partial charge on any atom is 0.305 e. The van der Waals surface area contributed by atoms with Crippen LogP contribution in [0.25, 0.3) is 0 Å². The van der Waals surface area contributed by atoms with Gasteiger partial charge in [-0.2, -0.15) is 0 Å². The molecule has 0 bridgehead atoms. The van der Waals surface area contributed by atoms with Gasteiger partial charge in [-0.05, 0) is 30.5 Å². The second-order valence-electron chi connectivity index (χ2n) is 6.46. The Kier molecular flexibility index (Phi) is 5.93. The standard InChI is InChI=1S/C19H19FN4O4/c20-13-5-3-12(4-6-13)11-23-18(27)16-17(22-8-7-21-16)19(28)24-9-1-2-14(24)10-15(25)26/h3-8,14H,1-2,9-11H2,(H,23,27)(H,25,26). The lowest BCUT2D eigenvalue weighted by molar-refractivity contribution is -0.137. The Hall–Kier alpha value is -3.36. The van der Waals surface area contributed by atoms with Gasteiger partial charge in [0.1, 0.15) is 5.82 Å². The largest absolute Gasteiger partial charge is 0.481 e. The molecule has 146 valence electrons. The Labute approximate surface area is 160 Å². The molecule has 1 aromatic heterocycles. The molecule has 0 spiro atoms. The third-order valence-electron chi connectivity index (χ3n) is 4.53. The van der Waals surface area contributed by atoms with Gasteiger partial charge >= 0.3 is 5.97 Å². The van der Waals surface area contributed by atoms with Crippen molar-refractivity contribution < 1.29 is 23.9 Å². The Balaban J connectivity index is 1.74. The van der Waals surface area contributed by atoms with Gasteiger partial charge < -0.3 is 15.3 Å². The van der Waals surface area contributed by atoms with Crippen LogP contribution < -0.4 is 5.32 Å². The molecule has 1 fully saturated rings. The first kappa shape index (κ1) is 19.4. The van der Waals surface area contributed by atoms with E-state index < -0.39 is 23.8 Å². The third kappa shape index (κ3) is 4.48. The second kappa shape index (κ2) is 8.55. The van der Waals surface area contributed by atoms with E-state index in [9.17, 15) is 18.8 Å². The molecule has 2 amide bonds. The number of carbonyl (C=O) groups excluding carboxylic acids is 2. The molecule has 8 nitrogen and oxygen atoms in total. The molecule has 0 aliphatic carbocycles. The molecule has 0 saturated carbocycles. The van der Waals surface area contributed by atoms with Gasteiger partial charge in [0, 0.05) is 31.5 Å². The minimum atomic E-state index is -0.985. The normalized spacial score (nSPS) is 16.0. The Morgan fingerprint density at radius 1 is 1.14 bits per heavy atom. The molecule has 1 aromatic carbocycles. The molecule has 1 aliphatic heterocycles. The summed E-state index contributed by atoms with van der Waals surface area (Å²) in [4.78, 5) is 45.9. The van der Waals surface area contributed by atoms with Crippen LogP contribution in [0, 0.1) is 5.82 Å². The first-order chi connectivity index (χ1) is 13.5. The number of aromatic nitrogens is 2. The van der Waals surface area contributed by atoms with E-state index in [4.69, 9.17) is 5.11 Å². The number of aliphatic carboxylic acids is 1. The van der Waals surface area contributed by atoms with Crippen molar-refractivity contribution in [3.05, 3.63) is 59.4 Å². The van der Waals surface area contributed by atoms with Gasteiger partial charge in [-0.15, -0.1) is 0 Å². The van der Waals surface area contributed by atoms with E-state index in [2.05, 4.69) is 15.3 Å². The number of carbonyl (C=O) groups is 3. The first-order valence-corrected chi connectivity index (χ1v) is 8.82.